The molecule has 1 saturated carbocycles. The molecule has 0 heterocycles. The van der Waals surface area contributed by atoms with Gasteiger partial charge in [0.05, 0.1) is 11.6 Å². The highest BCUT2D eigenvalue weighted by Crippen LogP contribution is 2.29. The van der Waals surface area contributed by atoms with E-state index in [-0.39, 0.29) is 5.91 Å². The normalized spacial score (nSPS) is 14.9. The fourth-order valence-electron chi connectivity index (χ4n) is 2.20. The molecule has 0 aromatic heterocycles. The van der Waals surface area contributed by atoms with Gasteiger partial charge in [0.25, 0.3) is 5.91 Å². The zero-order valence-electron chi connectivity index (χ0n) is 10.9. The van der Waals surface area contributed by atoms with Crippen LogP contribution >= 0.6 is 27.5 Å². The van der Waals surface area contributed by atoms with Crippen LogP contribution in [-0.2, 0) is 0 Å². The lowest BCUT2D eigenvalue weighted by Crippen LogP contribution is -2.45. The number of carbonyl (C=O) groups excluding carboxylic acids is 1. The maximum absolute atomic E-state index is 12.5. The molecule has 19 heavy (non-hydrogen) atoms. The van der Waals surface area contributed by atoms with Crippen molar-refractivity contribution in [3.8, 4) is 5.75 Å². The predicted octanol–water partition coefficient (Wildman–Crippen LogP) is 3.69. The summed E-state index contributed by atoms with van der Waals surface area (Å²) in [5.74, 6) is 1.25. The quantitative estimate of drug-likeness (QED) is 0.761. The number of amides is 1. The van der Waals surface area contributed by atoms with Crippen LogP contribution in [0.25, 0.3) is 0 Å². The predicted molar refractivity (Wildman–Crippen MR) is 80.1 cm³/mol. The van der Waals surface area contributed by atoms with Crippen molar-refractivity contribution in [2.45, 2.75) is 25.3 Å². The zero-order valence-corrected chi connectivity index (χ0v) is 13.2. The van der Waals surface area contributed by atoms with E-state index in [2.05, 4.69) is 15.9 Å². The Morgan fingerprint density at radius 1 is 1.53 bits per heavy atom. The number of halogens is 2. The topological polar surface area (TPSA) is 29.5 Å². The number of hydrogen-bond donors (Lipinski definition) is 0. The number of methoxy groups -OCH3 is 1. The van der Waals surface area contributed by atoms with Crippen molar-refractivity contribution in [2.24, 2.45) is 0 Å². The molecular weight excluding hydrogens is 330 g/mol. The van der Waals surface area contributed by atoms with Gasteiger partial charge in [-0.1, -0.05) is 0 Å². The van der Waals surface area contributed by atoms with Crippen LogP contribution in [0.3, 0.4) is 0 Å². The highest BCUT2D eigenvalue weighted by atomic mass is 79.9. The molecule has 1 aliphatic rings. The summed E-state index contributed by atoms with van der Waals surface area (Å²) in [6.45, 7) is 0.606. The van der Waals surface area contributed by atoms with Gasteiger partial charge in [-0.25, -0.2) is 0 Å². The van der Waals surface area contributed by atoms with Crippen LogP contribution in [0, 0.1) is 0 Å². The minimum Gasteiger partial charge on any atom is -0.496 e. The minimum absolute atomic E-state index is 0.0497. The van der Waals surface area contributed by atoms with Crippen molar-refractivity contribution in [2.75, 3.05) is 19.5 Å². The third-order valence-corrected chi connectivity index (χ3v) is 4.29. The van der Waals surface area contributed by atoms with E-state index < -0.39 is 0 Å². The zero-order chi connectivity index (χ0) is 13.8. The molecule has 3 nitrogen and oxygen atoms in total. The van der Waals surface area contributed by atoms with Gasteiger partial charge in [0.1, 0.15) is 5.75 Å². The maximum atomic E-state index is 12.5. The van der Waals surface area contributed by atoms with E-state index in [1.54, 1.807) is 25.3 Å². The standard InChI is InChI=1S/C14H17BrClNO2/c1-19-13-6-5-10(9-12(13)15)14(18)17(8-7-16)11-3-2-4-11/h5-6,9,11H,2-4,7-8H2,1H3. The molecule has 0 bridgehead atoms. The van der Waals surface area contributed by atoms with Crippen LogP contribution in [-0.4, -0.2) is 36.4 Å². The Labute approximate surface area is 127 Å². The minimum atomic E-state index is 0.0497. The fraction of sp³-hybridized carbons (Fsp3) is 0.500. The highest BCUT2D eigenvalue weighted by molar-refractivity contribution is 9.10. The van der Waals surface area contributed by atoms with Crippen LogP contribution in [0.15, 0.2) is 22.7 Å². The first-order chi connectivity index (χ1) is 9.17. The first kappa shape index (κ1) is 14.7. The van der Waals surface area contributed by atoms with Crippen LogP contribution in [0.1, 0.15) is 29.6 Å². The molecule has 1 aliphatic carbocycles. The Morgan fingerprint density at radius 3 is 2.74 bits per heavy atom. The number of rotatable bonds is 5. The van der Waals surface area contributed by atoms with Gasteiger partial charge < -0.3 is 9.64 Å². The van der Waals surface area contributed by atoms with E-state index in [0.29, 0.717) is 24.0 Å². The number of alkyl halides is 1. The smallest absolute Gasteiger partial charge is 0.254 e. The SMILES string of the molecule is COc1ccc(C(=O)N(CCCl)C2CCC2)cc1Br. The molecule has 5 heteroatoms. The Morgan fingerprint density at radius 2 is 2.26 bits per heavy atom. The van der Waals surface area contributed by atoms with Crippen molar-refractivity contribution in [3.63, 3.8) is 0 Å². The average molecular weight is 347 g/mol. The van der Waals surface area contributed by atoms with E-state index in [0.717, 1.165) is 23.1 Å². The molecule has 1 aromatic carbocycles. The van der Waals surface area contributed by atoms with Crippen molar-refractivity contribution in [1.29, 1.82) is 0 Å². The molecule has 0 N–H and O–H groups in total. The third-order valence-electron chi connectivity index (χ3n) is 3.50. The number of hydrogen-bond acceptors (Lipinski definition) is 2. The summed E-state index contributed by atoms with van der Waals surface area (Å²) in [5, 5.41) is 0. The Kier molecular flexibility index (Phi) is 5.11. The highest BCUT2D eigenvalue weighted by Gasteiger charge is 2.29. The number of nitrogens with zero attached hydrogens (tertiary/aromatic N) is 1. The number of benzene rings is 1. The number of carbonyl (C=O) groups is 1. The van der Waals surface area contributed by atoms with Crippen molar-refractivity contribution >= 4 is 33.4 Å². The van der Waals surface area contributed by atoms with Crippen molar-refractivity contribution < 1.29 is 9.53 Å². The second-order valence-electron chi connectivity index (χ2n) is 4.62. The summed E-state index contributed by atoms with van der Waals surface area (Å²) >= 11 is 9.22. The molecule has 0 atom stereocenters. The molecule has 2 rings (SSSR count). The molecule has 104 valence electrons. The average Bonchev–Trinajstić information content (AvgIpc) is 2.35. The first-order valence-corrected chi connectivity index (χ1v) is 7.70. The van der Waals surface area contributed by atoms with Crippen LogP contribution in [0.4, 0.5) is 0 Å². The second-order valence-corrected chi connectivity index (χ2v) is 5.85. The third kappa shape index (κ3) is 3.23. The molecule has 1 fully saturated rings. The van der Waals surface area contributed by atoms with Crippen molar-refractivity contribution in [1.82, 2.24) is 4.90 Å². The molecule has 0 saturated heterocycles. The molecule has 1 aromatic rings. The van der Waals surface area contributed by atoms with Gasteiger partial charge in [-0.3, -0.25) is 4.79 Å². The monoisotopic (exact) mass is 345 g/mol. The molecule has 0 unspecified atom stereocenters. The van der Waals surface area contributed by atoms with Crippen molar-refractivity contribution in [3.05, 3.63) is 28.2 Å². The molecule has 0 radical (unpaired) electrons. The van der Waals surface area contributed by atoms with Gasteiger partial charge in [0.15, 0.2) is 0 Å². The summed E-state index contributed by atoms with van der Waals surface area (Å²) in [7, 11) is 1.61. The van der Waals surface area contributed by atoms with Gasteiger partial charge in [0.2, 0.25) is 0 Å². The van der Waals surface area contributed by atoms with E-state index in [1.807, 2.05) is 4.90 Å². The Hall–Kier alpha value is -0.740. The molecule has 0 spiro atoms. The Balaban J connectivity index is 2.18. The summed E-state index contributed by atoms with van der Waals surface area (Å²) in [6.07, 6.45) is 3.36. The van der Waals surface area contributed by atoms with Gasteiger partial charge in [-0.05, 0) is 53.4 Å². The van der Waals surface area contributed by atoms with Crippen LogP contribution in [0.2, 0.25) is 0 Å². The fourth-order valence-corrected chi connectivity index (χ4v) is 2.93. The van der Waals surface area contributed by atoms with E-state index in [1.165, 1.54) is 6.42 Å². The maximum Gasteiger partial charge on any atom is 0.254 e. The lowest BCUT2D eigenvalue weighted by molar-refractivity contribution is 0.0598. The van der Waals surface area contributed by atoms with E-state index in [4.69, 9.17) is 16.3 Å². The van der Waals surface area contributed by atoms with E-state index >= 15 is 0 Å². The second kappa shape index (κ2) is 6.62. The van der Waals surface area contributed by atoms with Gasteiger partial charge in [0, 0.05) is 24.0 Å². The lowest BCUT2D eigenvalue weighted by atomic mass is 9.91. The lowest BCUT2D eigenvalue weighted by Gasteiger charge is -2.37. The molecule has 0 aliphatic heterocycles. The summed E-state index contributed by atoms with van der Waals surface area (Å²) in [4.78, 5) is 14.4. The largest absolute Gasteiger partial charge is 0.496 e. The summed E-state index contributed by atoms with van der Waals surface area (Å²) < 4.78 is 5.97. The molecular formula is C14H17BrClNO2. The van der Waals surface area contributed by atoms with Crippen LogP contribution in [0.5, 0.6) is 5.75 Å². The summed E-state index contributed by atoms with van der Waals surface area (Å²) in [5.41, 5.74) is 0.671. The van der Waals surface area contributed by atoms with Crippen LogP contribution < -0.4 is 4.74 Å². The summed E-state index contributed by atoms with van der Waals surface area (Å²) in [6, 6.07) is 5.76. The van der Waals surface area contributed by atoms with Gasteiger partial charge in [-0.15, -0.1) is 11.6 Å². The van der Waals surface area contributed by atoms with Gasteiger partial charge in [-0.2, -0.15) is 0 Å². The first-order valence-electron chi connectivity index (χ1n) is 6.38. The number of ether oxygens (including phenoxy) is 1. The van der Waals surface area contributed by atoms with Gasteiger partial charge >= 0.3 is 0 Å². The Bertz CT molecular complexity index is 463. The molecule has 1 amide bonds. The van der Waals surface area contributed by atoms with E-state index in [9.17, 15) is 4.79 Å².